The number of amides is 2. The van der Waals surface area contributed by atoms with Gasteiger partial charge in [0, 0.05) is 6.92 Å². The van der Waals surface area contributed by atoms with Gasteiger partial charge in [-0.1, -0.05) is 24.3 Å². The molecule has 0 saturated carbocycles. The number of carbonyl (C=O) groups is 2. The molecule has 14 nitrogen and oxygen atoms in total. The van der Waals surface area contributed by atoms with Crippen molar-refractivity contribution < 1.29 is 51.2 Å². The first kappa shape index (κ1) is 38.8. The van der Waals surface area contributed by atoms with E-state index in [1.54, 1.807) is 61.5 Å². The van der Waals surface area contributed by atoms with Crippen molar-refractivity contribution in [2.75, 3.05) is 46.5 Å². The van der Waals surface area contributed by atoms with Gasteiger partial charge in [0.05, 0.1) is 63.4 Å². The molecule has 17 heteroatoms. The molecule has 2 amide bonds. The molecule has 0 unspecified atom stereocenters. The second kappa shape index (κ2) is 16.2. The lowest BCUT2D eigenvalue weighted by Crippen LogP contribution is -2.38. The third-order valence-electron chi connectivity index (χ3n) is 8.36. The zero-order valence-electron chi connectivity index (χ0n) is 31.0. The molecule has 0 saturated heterocycles. The number of anilines is 2. The monoisotopic (exact) mass is 772 g/mol. The highest BCUT2D eigenvalue weighted by atomic mass is 19.4. The van der Waals surface area contributed by atoms with Crippen LogP contribution in [0.3, 0.4) is 0 Å². The van der Waals surface area contributed by atoms with E-state index >= 15 is 0 Å². The Morgan fingerprint density at radius 1 is 0.643 bits per heavy atom. The van der Waals surface area contributed by atoms with Crippen molar-refractivity contribution in [3.05, 3.63) is 72.8 Å². The molecule has 0 aliphatic heterocycles. The number of halogens is 3. The Bertz CT molecular complexity index is 2450. The van der Waals surface area contributed by atoms with E-state index in [0.29, 0.717) is 45.0 Å². The number of aromatic nitrogens is 4. The number of fused-ring (bicyclic) bond motifs is 2. The summed E-state index contributed by atoms with van der Waals surface area (Å²) in [4.78, 5) is 44.2. The van der Waals surface area contributed by atoms with E-state index in [4.69, 9.17) is 23.7 Å². The second-order valence-corrected chi connectivity index (χ2v) is 11.9. The van der Waals surface area contributed by atoms with E-state index in [1.165, 1.54) is 47.5 Å². The summed E-state index contributed by atoms with van der Waals surface area (Å²) in [5, 5.41) is 2.73. The van der Waals surface area contributed by atoms with Gasteiger partial charge in [-0.05, 0) is 77.7 Å². The minimum Gasteiger partial charge on any atom is -0.493 e. The Morgan fingerprint density at radius 2 is 1.09 bits per heavy atom. The van der Waals surface area contributed by atoms with Crippen LogP contribution in [0, 0.1) is 0 Å². The summed E-state index contributed by atoms with van der Waals surface area (Å²) >= 11 is 0. The summed E-state index contributed by atoms with van der Waals surface area (Å²) in [5.74, 6) is -1.25. The van der Waals surface area contributed by atoms with Crippen molar-refractivity contribution in [2.24, 2.45) is 0 Å². The summed E-state index contributed by atoms with van der Waals surface area (Å²) in [6.45, 7) is 2.48. The number of rotatable bonds is 13. The van der Waals surface area contributed by atoms with Crippen molar-refractivity contribution in [2.45, 2.75) is 20.2 Å². The molecule has 0 aliphatic rings. The van der Waals surface area contributed by atoms with Crippen molar-refractivity contribution in [3.63, 3.8) is 0 Å². The third-order valence-corrected chi connectivity index (χ3v) is 8.36. The summed E-state index contributed by atoms with van der Waals surface area (Å²) in [6, 6.07) is 20.1. The van der Waals surface area contributed by atoms with Gasteiger partial charge in [0.1, 0.15) is 0 Å². The highest BCUT2D eigenvalue weighted by molar-refractivity contribution is 6.02. The van der Waals surface area contributed by atoms with Gasteiger partial charge in [-0.2, -0.15) is 9.97 Å². The van der Waals surface area contributed by atoms with Crippen molar-refractivity contribution in [1.82, 2.24) is 25.3 Å². The van der Waals surface area contributed by atoms with Crippen LogP contribution in [0.25, 0.3) is 44.1 Å². The lowest BCUT2D eigenvalue weighted by molar-refractivity contribution is -0.275. The zero-order chi connectivity index (χ0) is 40.1. The number of ether oxygens (including phenoxy) is 6. The molecule has 0 fully saturated rings. The van der Waals surface area contributed by atoms with Crippen molar-refractivity contribution in [3.8, 4) is 57.0 Å². The first-order valence-electron chi connectivity index (χ1n) is 16.9. The highest BCUT2D eigenvalue weighted by Gasteiger charge is 2.35. The highest BCUT2D eigenvalue weighted by Crippen LogP contribution is 2.39. The quantitative estimate of drug-likeness (QED) is 0.128. The maximum absolute atomic E-state index is 14.0. The predicted octanol–water partition coefficient (Wildman–Crippen LogP) is 7.04. The van der Waals surface area contributed by atoms with Gasteiger partial charge in [0.2, 0.25) is 29.6 Å². The fraction of sp³-hybridized carbons (Fsp3) is 0.231. The van der Waals surface area contributed by atoms with Gasteiger partial charge in [-0.15, -0.1) is 13.2 Å². The van der Waals surface area contributed by atoms with Gasteiger partial charge >= 0.3 is 6.36 Å². The molecule has 6 aromatic rings. The van der Waals surface area contributed by atoms with E-state index in [0.717, 1.165) is 16.0 Å². The Balaban J connectivity index is 1.52. The second-order valence-electron chi connectivity index (χ2n) is 11.9. The first-order chi connectivity index (χ1) is 26.9. The molecular weight excluding hydrogens is 737 g/mol. The number of nitrogens with one attached hydrogen (secondary N) is 1. The molecule has 0 atom stereocenters. The van der Waals surface area contributed by atoms with Crippen LogP contribution in [0.1, 0.15) is 13.8 Å². The smallest absolute Gasteiger partial charge is 0.493 e. The summed E-state index contributed by atoms with van der Waals surface area (Å²) < 4.78 is 73.7. The predicted molar refractivity (Wildman–Crippen MR) is 200 cm³/mol. The fourth-order valence-corrected chi connectivity index (χ4v) is 5.79. The average Bonchev–Trinajstić information content (AvgIpc) is 3.18. The molecule has 2 heterocycles. The van der Waals surface area contributed by atoms with Crippen LogP contribution >= 0.6 is 0 Å². The van der Waals surface area contributed by atoms with Gasteiger partial charge in [0.25, 0.3) is 5.91 Å². The molecule has 0 bridgehead atoms. The molecule has 0 spiro atoms. The Kier molecular flexibility index (Phi) is 11.2. The van der Waals surface area contributed by atoms with Gasteiger partial charge in [0.15, 0.2) is 23.0 Å². The lowest BCUT2D eigenvalue weighted by atomic mass is 10.0. The number of carbonyl (C=O) groups excluding carboxylic acids is 2. The molecule has 2 aromatic heterocycles. The number of hydrogen-bond donors (Lipinski definition) is 1. The van der Waals surface area contributed by atoms with E-state index in [-0.39, 0.29) is 29.3 Å². The Hall–Kier alpha value is -6.91. The van der Waals surface area contributed by atoms with Gasteiger partial charge in [-0.25, -0.2) is 14.9 Å². The number of alkyl halides is 3. The largest absolute Gasteiger partial charge is 0.574 e. The minimum atomic E-state index is -5.18. The molecular formula is C39H35F3N6O8. The molecule has 1 N–H and O–H groups in total. The maximum Gasteiger partial charge on any atom is 0.574 e. The summed E-state index contributed by atoms with van der Waals surface area (Å²) in [5.41, 5.74) is 2.88. The van der Waals surface area contributed by atoms with Crippen LogP contribution in [0.4, 0.5) is 25.1 Å². The topological polar surface area (TPSA) is 156 Å². The van der Waals surface area contributed by atoms with Crippen LogP contribution in [-0.2, 0) is 9.59 Å². The Morgan fingerprint density at radius 3 is 1.54 bits per heavy atom. The Labute approximate surface area is 318 Å². The molecule has 0 aliphatic carbocycles. The van der Waals surface area contributed by atoms with Gasteiger partial charge in [-0.3, -0.25) is 9.59 Å². The van der Waals surface area contributed by atoms with E-state index in [9.17, 15) is 22.8 Å². The lowest BCUT2D eigenvalue weighted by Gasteiger charge is -2.22. The van der Waals surface area contributed by atoms with Crippen LogP contribution in [0.15, 0.2) is 72.8 Å². The standard InChI is InChI=1S/C39H35F3N6O8/c1-7-55-35-26-16-22(24-10-14-30(51-3)32(18-24)53-5)8-12-28(26)44-37(46-35)48(34(50)20-43-21(2)49)38-45-29-13-9-23(17-27(29)36(47-38)56-39(40,41)42)25-11-15-31(52-4)33(19-25)54-6/h8-19H,7,20H2,1-6H3,(H,43,49). The fourth-order valence-electron chi connectivity index (χ4n) is 5.79. The molecule has 0 radical (unpaired) electrons. The molecule has 56 heavy (non-hydrogen) atoms. The summed E-state index contributed by atoms with van der Waals surface area (Å²) in [7, 11) is 6.00. The first-order valence-corrected chi connectivity index (χ1v) is 16.9. The SMILES string of the molecule is CCOc1nc(N(C(=O)CNC(C)=O)c2nc(OC(F)(F)F)c3cc(-c4ccc(OC)c(OC)c4)ccc3n2)nc2ccc(-c3ccc(OC)c(OC)c3)cc12. The van der Waals surface area contributed by atoms with Crippen LogP contribution in [-0.4, -0.2) is 79.7 Å². The maximum atomic E-state index is 14.0. The van der Waals surface area contributed by atoms with Crippen LogP contribution in [0.2, 0.25) is 0 Å². The molecule has 4 aromatic carbocycles. The van der Waals surface area contributed by atoms with E-state index in [1.807, 2.05) is 6.07 Å². The van der Waals surface area contributed by atoms with E-state index < -0.39 is 36.5 Å². The molecule has 6 rings (SSSR count). The zero-order valence-corrected chi connectivity index (χ0v) is 31.0. The van der Waals surface area contributed by atoms with Crippen LogP contribution < -0.4 is 38.6 Å². The van der Waals surface area contributed by atoms with Gasteiger partial charge < -0.3 is 33.7 Å². The normalized spacial score (nSPS) is 11.2. The average molecular weight is 773 g/mol. The minimum absolute atomic E-state index is 0.0128. The van der Waals surface area contributed by atoms with Crippen molar-refractivity contribution in [1.29, 1.82) is 0 Å². The van der Waals surface area contributed by atoms with E-state index in [2.05, 4.69) is 30.0 Å². The summed E-state index contributed by atoms with van der Waals surface area (Å²) in [6.07, 6.45) is -5.18. The van der Waals surface area contributed by atoms with Crippen LogP contribution in [0.5, 0.6) is 34.8 Å². The number of nitrogens with zero attached hydrogens (tertiary/aromatic N) is 5. The number of hydrogen-bond acceptors (Lipinski definition) is 12. The number of methoxy groups -OCH3 is 4. The van der Waals surface area contributed by atoms with Crippen molar-refractivity contribution >= 4 is 45.5 Å². The molecule has 290 valence electrons. The number of benzene rings is 4. The third kappa shape index (κ3) is 8.25.